The van der Waals surface area contributed by atoms with Crippen LogP contribution >= 0.6 is 0 Å². The normalized spacial score (nSPS) is 12.2. The van der Waals surface area contributed by atoms with Gasteiger partial charge in [-0.1, -0.05) is 38.1 Å². The predicted octanol–water partition coefficient (Wildman–Crippen LogP) is 3.78. The number of hydrogen-bond donors (Lipinski definition) is 2. The number of halogens is 3. The molecule has 9 heteroatoms. The Labute approximate surface area is 155 Å². The topological polar surface area (TPSA) is 75.3 Å². The fourth-order valence-electron chi connectivity index (χ4n) is 2.18. The molecule has 2 N–H and O–H groups in total. The number of hydrogen-bond acceptors (Lipinski definition) is 3. The zero-order chi connectivity index (χ0) is 20.2. The first-order valence-electron chi connectivity index (χ1n) is 8.06. The number of benzene rings is 2. The number of sulfonamides is 1. The van der Waals surface area contributed by atoms with Crippen molar-refractivity contribution in [2.24, 2.45) is 5.92 Å². The summed E-state index contributed by atoms with van der Waals surface area (Å²) < 4.78 is 65.8. The molecule has 0 bridgehead atoms. The van der Waals surface area contributed by atoms with Gasteiger partial charge in [0.05, 0.1) is 10.5 Å². The van der Waals surface area contributed by atoms with Crippen LogP contribution < -0.4 is 10.0 Å². The molecular weight excluding hydrogens is 381 g/mol. The van der Waals surface area contributed by atoms with Gasteiger partial charge in [-0.05, 0) is 29.8 Å². The number of carbonyl (C=O) groups is 1. The lowest BCUT2D eigenvalue weighted by Crippen LogP contribution is -2.26. The number of anilines is 1. The largest absolute Gasteiger partial charge is 0.417 e. The van der Waals surface area contributed by atoms with Gasteiger partial charge in [-0.3, -0.25) is 4.79 Å². The fraction of sp³-hybridized carbons (Fsp3) is 0.278. The summed E-state index contributed by atoms with van der Waals surface area (Å²) in [5.41, 5.74) is -0.141. The molecule has 0 spiro atoms. The molecule has 27 heavy (non-hydrogen) atoms. The smallest absolute Gasteiger partial charge is 0.326 e. The molecule has 1 amide bonds. The summed E-state index contributed by atoms with van der Waals surface area (Å²) in [6, 6.07) is 10.3. The van der Waals surface area contributed by atoms with Crippen molar-refractivity contribution < 1.29 is 26.4 Å². The van der Waals surface area contributed by atoms with Gasteiger partial charge < -0.3 is 5.32 Å². The van der Waals surface area contributed by atoms with E-state index in [1.54, 1.807) is 38.1 Å². The van der Waals surface area contributed by atoms with Gasteiger partial charge in [0.2, 0.25) is 15.9 Å². The highest BCUT2D eigenvalue weighted by Crippen LogP contribution is 2.33. The minimum absolute atomic E-state index is 0.160. The van der Waals surface area contributed by atoms with Crippen LogP contribution in [0.25, 0.3) is 0 Å². The first-order valence-corrected chi connectivity index (χ1v) is 9.55. The van der Waals surface area contributed by atoms with Crippen molar-refractivity contribution in [1.29, 1.82) is 0 Å². The van der Waals surface area contributed by atoms with E-state index in [0.29, 0.717) is 11.3 Å². The van der Waals surface area contributed by atoms with Crippen LogP contribution in [-0.2, 0) is 27.5 Å². The second kappa shape index (κ2) is 8.10. The number of carbonyl (C=O) groups excluding carboxylic acids is 1. The van der Waals surface area contributed by atoms with Crippen molar-refractivity contribution in [2.75, 3.05) is 5.32 Å². The lowest BCUT2D eigenvalue weighted by Gasteiger charge is -2.14. The standard InChI is InChI=1S/C18H19F3N2O3S/c1-12(2)17(24)23-14-9-7-13(8-10-14)11-22-27(25,26)16-6-4-3-5-15(16)18(19,20)21/h3-10,12,22H,11H2,1-2H3,(H,23,24). The van der Waals surface area contributed by atoms with Crippen LogP contribution in [0.2, 0.25) is 0 Å². The first-order chi connectivity index (χ1) is 12.5. The molecule has 0 fully saturated rings. The van der Waals surface area contributed by atoms with Gasteiger partial charge in [-0.15, -0.1) is 0 Å². The van der Waals surface area contributed by atoms with E-state index in [0.717, 1.165) is 18.2 Å². The molecule has 0 aliphatic carbocycles. The molecular formula is C18H19F3N2O3S. The van der Waals surface area contributed by atoms with E-state index in [2.05, 4.69) is 10.0 Å². The Kier molecular flexibility index (Phi) is 6.27. The molecule has 0 radical (unpaired) electrons. The molecule has 2 rings (SSSR count). The zero-order valence-corrected chi connectivity index (χ0v) is 15.5. The van der Waals surface area contributed by atoms with Gasteiger partial charge in [0.25, 0.3) is 0 Å². The average Bonchev–Trinajstić information content (AvgIpc) is 2.60. The molecule has 2 aromatic rings. The Bertz CT molecular complexity index is 908. The highest BCUT2D eigenvalue weighted by molar-refractivity contribution is 7.89. The number of nitrogens with one attached hydrogen (secondary N) is 2. The molecule has 5 nitrogen and oxygen atoms in total. The molecule has 146 valence electrons. The number of alkyl halides is 3. The first kappa shape index (κ1) is 20.9. The van der Waals surface area contributed by atoms with Gasteiger partial charge in [-0.2, -0.15) is 13.2 Å². The van der Waals surface area contributed by atoms with E-state index in [4.69, 9.17) is 0 Å². The maximum Gasteiger partial charge on any atom is 0.417 e. The summed E-state index contributed by atoms with van der Waals surface area (Å²) in [6.45, 7) is 3.31. The lowest BCUT2D eigenvalue weighted by molar-refractivity contribution is -0.139. The van der Waals surface area contributed by atoms with Crippen LogP contribution in [0.3, 0.4) is 0 Å². The van der Waals surface area contributed by atoms with E-state index >= 15 is 0 Å². The fourth-order valence-corrected chi connectivity index (χ4v) is 3.43. The van der Waals surface area contributed by atoms with E-state index < -0.39 is 26.7 Å². The van der Waals surface area contributed by atoms with Crippen molar-refractivity contribution >= 4 is 21.6 Å². The number of rotatable bonds is 6. The predicted molar refractivity (Wildman–Crippen MR) is 95.4 cm³/mol. The van der Waals surface area contributed by atoms with Crippen molar-refractivity contribution in [3.8, 4) is 0 Å². The molecule has 0 unspecified atom stereocenters. The molecule has 0 atom stereocenters. The van der Waals surface area contributed by atoms with Gasteiger partial charge >= 0.3 is 6.18 Å². The van der Waals surface area contributed by atoms with Crippen molar-refractivity contribution in [3.63, 3.8) is 0 Å². The summed E-state index contributed by atoms with van der Waals surface area (Å²) in [5.74, 6) is -0.350. The second-order valence-corrected chi connectivity index (χ2v) is 7.89. The summed E-state index contributed by atoms with van der Waals surface area (Å²) in [4.78, 5) is 10.8. The Morgan fingerprint density at radius 2 is 1.63 bits per heavy atom. The molecule has 0 aliphatic rings. The Balaban J connectivity index is 2.11. The average molecular weight is 400 g/mol. The summed E-state index contributed by atoms with van der Waals surface area (Å²) in [7, 11) is -4.35. The van der Waals surface area contributed by atoms with Crippen LogP contribution in [0.15, 0.2) is 53.4 Å². The SMILES string of the molecule is CC(C)C(=O)Nc1ccc(CNS(=O)(=O)c2ccccc2C(F)(F)F)cc1. The summed E-state index contributed by atoms with van der Waals surface area (Å²) in [5, 5.41) is 2.69. The molecule has 0 saturated carbocycles. The Hall–Kier alpha value is -2.39. The number of amides is 1. The van der Waals surface area contributed by atoms with E-state index in [-0.39, 0.29) is 18.4 Å². The minimum Gasteiger partial charge on any atom is -0.326 e. The van der Waals surface area contributed by atoms with Crippen molar-refractivity contribution in [2.45, 2.75) is 31.5 Å². The van der Waals surface area contributed by atoms with Crippen LogP contribution in [0.4, 0.5) is 18.9 Å². The van der Waals surface area contributed by atoms with Gasteiger partial charge in [-0.25, -0.2) is 13.1 Å². The van der Waals surface area contributed by atoms with E-state index in [1.165, 1.54) is 6.07 Å². The third-order valence-corrected chi connectivity index (χ3v) is 5.15. The maximum atomic E-state index is 13.0. The third kappa shape index (κ3) is 5.54. The minimum atomic E-state index is -4.78. The highest BCUT2D eigenvalue weighted by atomic mass is 32.2. The third-order valence-electron chi connectivity index (χ3n) is 3.69. The molecule has 0 aromatic heterocycles. The van der Waals surface area contributed by atoms with Crippen molar-refractivity contribution in [3.05, 3.63) is 59.7 Å². The van der Waals surface area contributed by atoms with E-state index in [9.17, 15) is 26.4 Å². The Morgan fingerprint density at radius 3 is 2.19 bits per heavy atom. The maximum absolute atomic E-state index is 13.0. The van der Waals surface area contributed by atoms with Gasteiger partial charge in [0, 0.05) is 18.2 Å². The lowest BCUT2D eigenvalue weighted by atomic mass is 10.2. The van der Waals surface area contributed by atoms with E-state index in [1.807, 2.05) is 0 Å². The Morgan fingerprint density at radius 1 is 1.04 bits per heavy atom. The highest BCUT2D eigenvalue weighted by Gasteiger charge is 2.36. The van der Waals surface area contributed by atoms with Crippen LogP contribution in [0.5, 0.6) is 0 Å². The van der Waals surface area contributed by atoms with Gasteiger partial charge in [0.1, 0.15) is 0 Å². The van der Waals surface area contributed by atoms with Crippen LogP contribution in [0, 0.1) is 5.92 Å². The monoisotopic (exact) mass is 400 g/mol. The van der Waals surface area contributed by atoms with Crippen LogP contribution in [-0.4, -0.2) is 14.3 Å². The van der Waals surface area contributed by atoms with Crippen LogP contribution in [0.1, 0.15) is 25.0 Å². The molecule has 0 saturated heterocycles. The zero-order valence-electron chi connectivity index (χ0n) is 14.7. The second-order valence-electron chi connectivity index (χ2n) is 6.16. The molecule has 0 heterocycles. The quantitative estimate of drug-likeness (QED) is 0.775. The molecule has 0 aliphatic heterocycles. The molecule has 2 aromatic carbocycles. The van der Waals surface area contributed by atoms with Crippen molar-refractivity contribution in [1.82, 2.24) is 4.72 Å². The summed E-state index contributed by atoms with van der Waals surface area (Å²) >= 11 is 0. The summed E-state index contributed by atoms with van der Waals surface area (Å²) in [6.07, 6.45) is -4.78. The van der Waals surface area contributed by atoms with Gasteiger partial charge in [0.15, 0.2) is 0 Å².